The minimum atomic E-state index is -4.23. The predicted octanol–water partition coefficient (Wildman–Crippen LogP) is 2.78. The molecule has 142 valence electrons. The van der Waals surface area contributed by atoms with Crippen molar-refractivity contribution in [3.05, 3.63) is 40.9 Å². The molecule has 1 aliphatic rings. The van der Waals surface area contributed by atoms with Crippen molar-refractivity contribution in [1.29, 1.82) is 0 Å². The lowest BCUT2D eigenvalue weighted by Crippen LogP contribution is -2.32. The largest absolute Gasteiger partial charge is 0.392 e. The van der Waals surface area contributed by atoms with Gasteiger partial charge in [-0.3, -0.25) is 9.89 Å². The number of halogens is 3. The molecule has 4 heterocycles. The average Bonchev–Trinajstić information content (AvgIpc) is 3.37. The number of amides is 1. The maximum absolute atomic E-state index is 12.9. The van der Waals surface area contributed by atoms with Crippen LogP contribution >= 0.6 is 11.3 Å². The van der Waals surface area contributed by atoms with Crippen molar-refractivity contribution in [3.63, 3.8) is 0 Å². The van der Waals surface area contributed by atoms with Crippen LogP contribution in [0.2, 0.25) is 0 Å². The summed E-state index contributed by atoms with van der Waals surface area (Å²) in [6.45, 7) is 0.256. The van der Waals surface area contributed by atoms with Crippen molar-refractivity contribution in [1.82, 2.24) is 30.3 Å². The summed E-state index contributed by atoms with van der Waals surface area (Å²) in [5, 5.41) is 19.2. The first-order valence-electron chi connectivity index (χ1n) is 8.27. The second kappa shape index (κ2) is 6.80. The number of nitrogens with one attached hydrogen (secondary N) is 2. The molecule has 0 saturated carbocycles. The minimum Gasteiger partial charge on any atom is -0.343 e. The van der Waals surface area contributed by atoms with E-state index in [-0.39, 0.29) is 31.6 Å². The van der Waals surface area contributed by atoms with Gasteiger partial charge in [-0.25, -0.2) is 0 Å². The normalized spacial score (nSPS) is 16.9. The highest BCUT2D eigenvalue weighted by molar-refractivity contribution is 7.13. The van der Waals surface area contributed by atoms with Gasteiger partial charge in [0.1, 0.15) is 5.82 Å². The fourth-order valence-corrected chi connectivity index (χ4v) is 3.74. The van der Waals surface area contributed by atoms with E-state index in [1.54, 1.807) is 10.6 Å². The van der Waals surface area contributed by atoms with Crippen molar-refractivity contribution < 1.29 is 18.0 Å². The highest BCUT2D eigenvalue weighted by Crippen LogP contribution is 2.34. The van der Waals surface area contributed by atoms with Gasteiger partial charge in [0, 0.05) is 13.0 Å². The van der Waals surface area contributed by atoms with E-state index in [2.05, 4.69) is 25.7 Å². The number of hydrogen-bond acceptors (Lipinski definition) is 5. The van der Waals surface area contributed by atoms with Gasteiger partial charge in [-0.05, 0) is 23.9 Å². The van der Waals surface area contributed by atoms with Crippen LogP contribution in [0.1, 0.15) is 28.6 Å². The lowest BCUT2D eigenvalue weighted by Gasteiger charge is -2.25. The predicted molar refractivity (Wildman–Crippen MR) is 91.0 cm³/mol. The molecule has 0 unspecified atom stereocenters. The molecule has 0 aromatic carbocycles. The molecular weight excluding hydrogens is 381 g/mol. The molecule has 0 fully saturated rings. The zero-order valence-electron chi connectivity index (χ0n) is 14.0. The topological polar surface area (TPSA) is 88.5 Å². The third-order valence-corrected chi connectivity index (χ3v) is 5.40. The lowest BCUT2D eigenvalue weighted by atomic mass is 9.97. The molecule has 2 N–H and O–H groups in total. The summed E-state index contributed by atoms with van der Waals surface area (Å²) in [6, 6.07) is 5.46. The number of thiophene rings is 1. The number of aromatic nitrogens is 5. The number of aromatic amines is 1. The molecule has 3 aromatic heterocycles. The standard InChI is InChI=1S/C16H15F3N6OS/c17-16(18,19)9-3-4-25-13(6-9)23-24-14(25)8-20-15(26)11-7-10(21-22-11)12-2-1-5-27-12/h1-2,5,7,9H,3-4,6,8H2,(H,20,26)(H,21,22)/t9-/m0/s1. The second-order valence-electron chi connectivity index (χ2n) is 6.24. The van der Waals surface area contributed by atoms with Crippen LogP contribution in [0.15, 0.2) is 23.6 Å². The molecule has 1 aliphatic heterocycles. The Balaban J connectivity index is 1.40. The van der Waals surface area contributed by atoms with Gasteiger partial charge in [0.2, 0.25) is 0 Å². The third kappa shape index (κ3) is 3.59. The number of rotatable bonds is 4. The Hall–Kier alpha value is -2.69. The van der Waals surface area contributed by atoms with Gasteiger partial charge in [0.15, 0.2) is 11.5 Å². The van der Waals surface area contributed by atoms with Crippen molar-refractivity contribution in [3.8, 4) is 10.6 Å². The monoisotopic (exact) mass is 396 g/mol. The Kier molecular flexibility index (Phi) is 4.46. The first-order chi connectivity index (χ1) is 12.9. The van der Waals surface area contributed by atoms with E-state index >= 15 is 0 Å². The molecular formula is C16H15F3N6OS. The zero-order chi connectivity index (χ0) is 19.0. The van der Waals surface area contributed by atoms with E-state index in [1.165, 1.54) is 11.3 Å². The lowest BCUT2D eigenvalue weighted by molar-refractivity contribution is -0.179. The number of fused-ring (bicyclic) bond motifs is 1. The molecule has 0 spiro atoms. The summed E-state index contributed by atoms with van der Waals surface area (Å²) >= 11 is 1.53. The zero-order valence-corrected chi connectivity index (χ0v) is 14.8. The third-order valence-electron chi connectivity index (χ3n) is 4.50. The maximum Gasteiger partial charge on any atom is 0.392 e. The summed E-state index contributed by atoms with van der Waals surface area (Å²) in [5.74, 6) is -1.05. The molecule has 1 atom stereocenters. The molecule has 0 bridgehead atoms. The summed E-state index contributed by atoms with van der Waals surface area (Å²) in [6.07, 6.45) is -4.43. The van der Waals surface area contributed by atoms with E-state index in [0.29, 0.717) is 11.6 Å². The summed E-state index contributed by atoms with van der Waals surface area (Å²) in [4.78, 5) is 13.2. The minimum absolute atomic E-state index is 0.0149. The van der Waals surface area contributed by atoms with Crippen molar-refractivity contribution in [2.75, 3.05) is 0 Å². The van der Waals surface area contributed by atoms with Crippen LogP contribution in [0.4, 0.5) is 13.2 Å². The van der Waals surface area contributed by atoms with E-state index in [4.69, 9.17) is 0 Å². The number of nitrogens with zero attached hydrogens (tertiary/aromatic N) is 4. The van der Waals surface area contributed by atoms with Gasteiger partial charge in [-0.15, -0.1) is 21.5 Å². The number of H-pyrrole nitrogens is 1. The van der Waals surface area contributed by atoms with Crippen LogP contribution < -0.4 is 5.32 Å². The van der Waals surface area contributed by atoms with E-state index in [1.807, 2.05) is 17.5 Å². The maximum atomic E-state index is 12.9. The van der Waals surface area contributed by atoms with Gasteiger partial charge in [0.05, 0.1) is 23.0 Å². The summed E-state index contributed by atoms with van der Waals surface area (Å²) in [7, 11) is 0. The number of carbonyl (C=O) groups excluding carboxylic acids is 1. The van der Waals surface area contributed by atoms with Crippen LogP contribution in [0, 0.1) is 5.92 Å². The fraction of sp³-hybridized carbons (Fsp3) is 0.375. The van der Waals surface area contributed by atoms with Gasteiger partial charge >= 0.3 is 6.18 Å². The van der Waals surface area contributed by atoms with Crippen LogP contribution in [0.3, 0.4) is 0 Å². The van der Waals surface area contributed by atoms with Crippen molar-refractivity contribution in [2.24, 2.45) is 5.92 Å². The van der Waals surface area contributed by atoms with E-state index < -0.39 is 18.0 Å². The molecule has 0 aliphatic carbocycles. The van der Waals surface area contributed by atoms with Gasteiger partial charge < -0.3 is 9.88 Å². The summed E-state index contributed by atoms with van der Waals surface area (Å²) < 4.78 is 40.2. The molecule has 1 amide bonds. The van der Waals surface area contributed by atoms with Crippen LogP contribution in [0.25, 0.3) is 10.6 Å². The van der Waals surface area contributed by atoms with Gasteiger partial charge in [-0.2, -0.15) is 18.3 Å². The molecule has 27 heavy (non-hydrogen) atoms. The number of alkyl halides is 3. The van der Waals surface area contributed by atoms with Crippen molar-refractivity contribution in [2.45, 2.75) is 32.1 Å². The molecule has 4 rings (SSSR count). The van der Waals surface area contributed by atoms with Gasteiger partial charge in [0.25, 0.3) is 5.91 Å². The first kappa shape index (κ1) is 17.7. The van der Waals surface area contributed by atoms with Gasteiger partial charge in [-0.1, -0.05) is 6.07 Å². The smallest absolute Gasteiger partial charge is 0.343 e. The Morgan fingerprint density at radius 2 is 2.26 bits per heavy atom. The molecule has 0 saturated heterocycles. The highest BCUT2D eigenvalue weighted by atomic mass is 32.1. The number of carbonyl (C=O) groups is 1. The molecule has 11 heteroatoms. The van der Waals surface area contributed by atoms with Crippen LogP contribution in [0.5, 0.6) is 0 Å². The van der Waals surface area contributed by atoms with Crippen LogP contribution in [-0.4, -0.2) is 37.0 Å². The SMILES string of the molecule is O=C(NCc1nnc2n1CC[C@H](C(F)(F)F)C2)c1cc(-c2cccs2)[nH]n1. The second-order valence-corrected chi connectivity index (χ2v) is 7.19. The van der Waals surface area contributed by atoms with E-state index in [9.17, 15) is 18.0 Å². The van der Waals surface area contributed by atoms with Crippen LogP contribution in [-0.2, 0) is 19.5 Å². The fourth-order valence-electron chi connectivity index (χ4n) is 3.05. The summed E-state index contributed by atoms with van der Waals surface area (Å²) in [5.41, 5.74) is 0.974. The average molecular weight is 396 g/mol. The molecule has 0 radical (unpaired) electrons. The Labute approximate surface area is 155 Å². The van der Waals surface area contributed by atoms with E-state index in [0.717, 1.165) is 10.6 Å². The highest BCUT2D eigenvalue weighted by Gasteiger charge is 2.42. The Morgan fingerprint density at radius 3 is 3.00 bits per heavy atom. The molecule has 3 aromatic rings. The quantitative estimate of drug-likeness (QED) is 0.710. The number of hydrogen-bond donors (Lipinski definition) is 2. The van der Waals surface area contributed by atoms with Crippen molar-refractivity contribution >= 4 is 17.2 Å². The molecule has 7 nitrogen and oxygen atoms in total. The Morgan fingerprint density at radius 1 is 1.41 bits per heavy atom. The first-order valence-corrected chi connectivity index (χ1v) is 9.15. The Bertz CT molecular complexity index is 946.